The smallest absolute Gasteiger partial charge is 0.256 e. The Morgan fingerprint density at radius 2 is 2.12 bits per heavy atom. The van der Waals surface area contributed by atoms with Crippen molar-refractivity contribution in [3.8, 4) is 0 Å². The molecule has 0 aromatic carbocycles. The van der Waals surface area contributed by atoms with E-state index in [1.807, 2.05) is 0 Å². The van der Waals surface area contributed by atoms with Gasteiger partial charge in [-0.3, -0.25) is 14.6 Å². The Bertz CT molecular complexity index is 614. The monoisotopic (exact) mass is 406 g/mol. The molecule has 2 saturated heterocycles. The molecule has 0 radical (unpaired) electrons. The molecule has 3 heterocycles. The van der Waals surface area contributed by atoms with Crippen molar-refractivity contribution < 1.29 is 14.0 Å². The standard InChI is InChI=1S/C17H23FN4O2.2ClH/c18-14-10-19-7-5-13(14)17(24)22-8-2-3-12(11-22)9-21-16(23)15-4-1-6-20-15;;/h5,7,10,12,15,20H,1-4,6,8-9,11H2,(H,21,23);2*1H. The molecule has 0 spiro atoms. The minimum Gasteiger partial charge on any atom is -0.354 e. The van der Waals surface area contributed by atoms with E-state index in [1.54, 1.807) is 4.90 Å². The number of aromatic nitrogens is 1. The third-order valence-corrected chi connectivity index (χ3v) is 4.75. The first-order valence-electron chi connectivity index (χ1n) is 8.55. The molecule has 26 heavy (non-hydrogen) atoms. The van der Waals surface area contributed by atoms with Crippen molar-refractivity contribution in [3.63, 3.8) is 0 Å². The summed E-state index contributed by atoms with van der Waals surface area (Å²) in [5.41, 5.74) is 0.0600. The van der Waals surface area contributed by atoms with Gasteiger partial charge in [0.05, 0.1) is 17.8 Å². The maximum atomic E-state index is 13.7. The molecule has 2 amide bonds. The fraction of sp³-hybridized carbons (Fsp3) is 0.588. The van der Waals surface area contributed by atoms with Gasteiger partial charge in [-0.1, -0.05) is 0 Å². The van der Waals surface area contributed by atoms with Crippen molar-refractivity contribution >= 4 is 36.6 Å². The number of amides is 2. The van der Waals surface area contributed by atoms with Gasteiger partial charge in [-0.2, -0.15) is 0 Å². The second kappa shape index (κ2) is 10.6. The van der Waals surface area contributed by atoms with E-state index in [0.717, 1.165) is 38.4 Å². The Labute approximate surface area is 165 Å². The second-order valence-corrected chi connectivity index (χ2v) is 6.51. The van der Waals surface area contributed by atoms with Gasteiger partial charge in [0.15, 0.2) is 5.82 Å². The van der Waals surface area contributed by atoms with Crippen LogP contribution in [0.25, 0.3) is 0 Å². The molecule has 9 heteroatoms. The molecular formula is C17H25Cl2FN4O2. The lowest BCUT2D eigenvalue weighted by Crippen LogP contribution is -2.46. The molecule has 0 aliphatic carbocycles. The van der Waals surface area contributed by atoms with Gasteiger partial charge >= 0.3 is 0 Å². The van der Waals surface area contributed by atoms with Gasteiger partial charge in [-0.15, -0.1) is 24.8 Å². The van der Waals surface area contributed by atoms with Crippen molar-refractivity contribution in [2.45, 2.75) is 31.7 Å². The Morgan fingerprint density at radius 3 is 2.81 bits per heavy atom. The summed E-state index contributed by atoms with van der Waals surface area (Å²) in [5.74, 6) is -0.650. The number of nitrogens with zero attached hydrogens (tertiary/aromatic N) is 2. The van der Waals surface area contributed by atoms with Crippen molar-refractivity contribution in [2.75, 3.05) is 26.2 Å². The first-order chi connectivity index (χ1) is 11.6. The maximum absolute atomic E-state index is 13.7. The van der Waals surface area contributed by atoms with Crippen molar-refractivity contribution in [1.82, 2.24) is 20.5 Å². The number of hydrogen-bond donors (Lipinski definition) is 2. The summed E-state index contributed by atoms with van der Waals surface area (Å²) in [6.07, 6.45) is 6.21. The van der Waals surface area contributed by atoms with Crippen LogP contribution in [0, 0.1) is 11.7 Å². The molecule has 2 aliphatic heterocycles. The number of carbonyl (C=O) groups is 2. The van der Waals surface area contributed by atoms with Crippen LogP contribution in [0.5, 0.6) is 0 Å². The SMILES string of the molecule is Cl.Cl.O=C(NCC1CCCN(C(=O)c2ccncc2F)C1)C1CCCN1. The van der Waals surface area contributed by atoms with E-state index in [4.69, 9.17) is 0 Å². The lowest BCUT2D eigenvalue weighted by molar-refractivity contribution is -0.123. The lowest BCUT2D eigenvalue weighted by atomic mass is 9.97. The van der Waals surface area contributed by atoms with Gasteiger partial charge in [-0.25, -0.2) is 4.39 Å². The van der Waals surface area contributed by atoms with E-state index in [0.29, 0.717) is 19.6 Å². The molecule has 6 nitrogen and oxygen atoms in total. The number of carbonyl (C=O) groups excluding carboxylic acids is 2. The number of nitrogens with one attached hydrogen (secondary N) is 2. The topological polar surface area (TPSA) is 74.3 Å². The number of likely N-dealkylation sites (tertiary alicyclic amines) is 1. The molecule has 2 N–H and O–H groups in total. The number of hydrogen-bond acceptors (Lipinski definition) is 4. The van der Waals surface area contributed by atoms with Crippen LogP contribution in [0.4, 0.5) is 4.39 Å². The maximum Gasteiger partial charge on any atom is 0.256 e. The molecular weight excluding hydrogens is 382 g/mol. The van der Waals surface area contributed by atoms with E-state index in [9.17, 15) is 14.0 Å². The predicted octanol–water partition coefficient (Wildman–Crippen LogP) is 1.78. The van der Waals surface area contributed by atoms with Crippen LogP contribution in [0.1, 0.15) is 36.0 Å². The second-order valence-electron chi connectivity index (χ2n) is 6.51. The number of halogens is 3. The summed E-state index contributed by atoms with van der Waals surface area (Å²) in [4.78, 5) is 29.9. The zero-order valence-corrected chi connectivity index (χ0v) is 16.1. The fourth-order valence-electron chi connectivity index (χ4n) is 3.41. The molecule has 0 saturated carbocycles. The highest BCUT2D eigenvalue weighted by molar-refractivity contribution is 5.94. The molecule has 3 rings (SSSR count). The van der Waals surface area contributed by atoms with Crippen LogP contribution in [0.15, 0.2) is 18.5 Å². The van der Waals surface area contributed by atoms with E-state index in [2.05, 4.69) is 15.6 Å². The van der Waals surface area contributed by atoms with E-state index < -0.39 is 5.82 Å². The molecule has 146 valence electrons. The van der Waals surface area contributed by atoms with Gasteiger partial charge in [0.2, 0.25) is 5.91 Å². The summed E-state index contributed by atoms with van der Waals surface area (Å²) < 4.78 is 13.7. The molecule has 2 atom stereocenters. The minimum atomic E-state index is -0.592. The van der Waals surface area contributed by atoms with Gasteiger partial charge in [0.25, 0.3) is 5.91 Å². The van der Waals surface area contributed by atoms with Crippen LogP contribution < -0.4 is 10.6 Å². The van der Waals surface area contributed by atoms with Crippen LogP contribution in [0.3, 0.4) is 0 Å². The highest BCUT2D eigenvalue weighted by atomic mass is 35.5. The summed E-state index contributed by atoms with van der Waals surface area (Å²) >= 11 is 0. The van der Waals surface area contributed by atoms with E-state index in [-0.39, 0.29) is 54.2 Å². The average molecular weight is 407 g/mol. The summed E-state index contributed by atoms with van der Waals surface area (Å²) in [6.45, 7) is 2.61. The Morgan fingerprint density at radius 1 is 1.31 bits per heavy atom. The predicted molar refractivity (Wildman–Crippen MR) is 101 cm³/mol. The molecule has 0 bridgehead atoms. The first-order valence-corrected chi connectivity index (χ1v) is 8.55. The molecule has 2 unspecified atom stereocenters. The van der Waals surface area contributed by atoms with Crippen molar-refractivity contribution in [3.05, 3.63) is 29.8 Å². The highest BCUT2D eigenvalue weighted by Gasteiger charge is 2.27. The zero-order valence-electron chi connectivity index (χ0n) is 14.4. The molecule has 1 aromatic heterocycles. The third-order valence-electron chi connectivity index (χ3n) is 4.75. The van der Waals surface area contributed by atoms with Gasteiger partial charge < -0.3 is 15.5 Å². The van der Waals surface area contributed by atoms with E-state index >= 15 is 0 Å². The Balaban J connectivity index is 0.00000169. The fourth-order valence-corrected chi connectivity index (χ4v) is 3.41. The summed E-state index contributed by atoms with van der Waals surface area (Å²) in [7, 11) is 0. The van der Waals surface area contributed by atoms with Crippen molar-refractivity contribution in [1.29, 1.82) is 0 Å². The van der Waals surface area contributed by atoms with Gasteiger partial charge in [0.1, 0.15) is 0 Å². The number of piperidine rings is 1. The molecule has 1 aromatic rings. The van der Waals surface area contributed by atoms with Crippen LogP contribution in [-0.2, 0) is 4.79 Å². The zero-order chi connectivity index (χ0) is 16.9. The highest BCUT2D eigenvalue weighted by Crippen LogP contribution is 2.19. The third kappa shape index (κ3) is 5.53. The molecule has 2 fully saturated rings. The van der Waals surface area contributed by atoms with Crippen LogP contribution >= 0.6 is 24.8 Å². The number of pyridine rings is 1. The molecule has 2 aliphatic rings. The van der Waals surface area contributed by atoms with Gasteiger partial charge in [-0.05, 0) is 44.2 Å². The van der Waals surface area contributed by atoms with Crippen molar-refractivity contribution in [2.24, 2.45) is 5.92 Å². The lowest BCUT2D eigenvalue weighted by Gasteiger charge is -2.33. The summed E-state index contributed by atoms with van der Waals surface area (Å²) in [6, 6.07) is 1.33. The Hall–Kier alpha value is -1.44. The Kier molecular flexibility index (Phi) is 9.25. The average Bonchev–Trinajstić information content (AvgIpc) is 3.14. The quantitative estimate of drug-likeness (QED) is 0.798. The minimum absolute atomic E-state index is 0. The largest absolute Gasteiger partial charge is 0.354 e. The normalized spacial score (nSPS) is 22.1. The number of rotatable bonds is 4. The first kappa shape index (κ1) is 22.6. The van der Waals surface area contributed by atoms with Crippen LogP contribution in [-0.4, -0.2) is 53.9 Å². The van der Waals surface area contributed by atoms with E-state index in [1.165, 1.54) is 12.3 Å². The van der Waals surface area contributed by atoms with Gasteiger partial charge in [0, 0.05) is 25.8 Å². The summed E-state index contributed by atoms with van der Waals surface area (Å²) in [5, 5.41) is 6.16. The van der Waals surface area contributed by atoms with Crippen LogP contribution in [0.2, 0.25) is 0 Å².